The van der Waals surface area contributed by atoms with Gasteiger partial charge in [-0.25, -0.2) is 4.39 Å². The highest BCUT2D eigenvalue weighted by Gasteiger charge is 2.23. The second-order valence-corrected chi connectivity index (χ2v) is 9.81. The van der Waals surface area contributed by atoms with Crippen LogP contribution in [0.3, 0.4) is 0 Å². The second kappa shape index (κ2) is 15.9. The molecule has 2 heterocycles. The molecule has 4 nitrogen and oxygen atoms in total. The summed E-state index contributed by atoms with van der Waals surface area (Å²) < 4.78 is 32.2. The quantitative estimate of drug-likeness (QED) is 0.223. The lowest BCUT2D eigenvalue weighted by Crippen LogP contribution is -2.27. The third kappa shape index (κ3) is 9.53. The standard InChI is InChI=1S/C30H44FNO3/c1-3-5-7-9-11-13-19-33-29-18-16-25(20-27(29)31)28-17-15-26(21-32-28)30-34-22-24(23-35-30)14-12-10-8-6-4-2/h15-18,20-21,24,30H,3-14,19,22-23H2,1-2H3. The normalized spacial score (nSPS) is 18.0. The molecule has 2 aromatic rings. The van der Waals surface area contributed by atoms with Crippen LogP contribution in [0.15, 0.2) is 36.5 Å². The Hall–Kier alpha value is -1.98. The van der Waals surface area contributed by atoms with Gasteiger partial charge in [-0.05, 0) is 37.1 Å². The number of halogens is 1. The fraction of sp³-hybridized carbons (Fsp3) is 0.633. The molecule has 35 heavy (non-hydrogen) atoms. The lowest BCUT2D eigenvalue weighted by molar-refractivity contribution is -0.206. The van der Waals surface area contributed by atoms with Crippen molar-refractivity contribution >= 4 is 0 Å². The molecule has 0 unspecified atom stereocenters. The van der Waals surface area contributed by atoms with Gasteiger partial charge in [-0.2, -0.15) is 0 Å². The van der Waals surface area contributed by atoms with E-state index in [-0.39, 0.29) is 12.1 Å². The fourth-order valence-electron chi connectivity index (χ4n) is 4.50. The Morgan fingerprint density at radius 3 is 2.20 bits per heavy atom. The minimum atomic E-state index is -0.373. The third-order valence-corrected chi connectivity index (χ3v) is 6.72. The summed E-state index contributed by atoms with van der Waals surface area (Å²) in [5.74, 6) is 0.437. The van der Waals surface area contributed by atoms with Crippen molar-refractivity contribution in [2.24, 2.45) is 5.92 Å². The topological polar surface area (TPSA) is 40.6 Å². The van der Waals surface area contributed by atoms with Crippen LogP contribution in [0, 0.1) is 11.7 Å². The van der Waals surface area contributed by atoms with Crippen LogP contribution in [0.4, 0.5) is 4.39 Å². The van der Waals surface area contributed by atoms with Crippen LogP contribution >= 0.6 is 0 Å². The number of pyridine rings is 1. The molecule has 0 N–H and O–H groups in total. The van der Waals surface area contributed by atoms with Crippen LogP contribution in [0.1, 0.15) is 103 Å². The third-order valence-electron chi connectivity index (χ3n) is 6.72. The molecule has 1 aromatic heterocycles. The van der Waals surface area contributed by atoms with Crippen LogP contribution in [0.25, 0.3) is 11.3 Å². The molecule has 5 heteroatoms. The van der Waals surface area contributed by atoms with Gasteiger partial charge in [0.2, 0.25) is 0 Å². The Bertz CT molecular complexity index is 834. The number of nitrogens with zero attached hydrogens (tertiary/aromatic N) is 1. The Morgan fingerprint density at radius 1 is 0.857 bits per heavy atom. The van der Waals surface area contributed by atoms with Gasteiger partial charge in [-0.15, -0.1) is 0 Å². The van der Waals surface area contributed by atoms with Crippen molar-refractivity contribution in [1.82, 2.24) is 4.98 Å². The zero-order valence-electron chi connectivity index (χ0n) is 21.8. The van der Waals surface area contributed by atoms with Gasteiger partial charge in [0.1, 0.15) is 0 Å². The summed E-state index contributed by atoms with van der Waals surface area (Å²) in [5, 5.41) is 0. The molecule has 0 bridgehead atoms. The summed E-state index contributed by atoms with van der Waals surface area (Å²) in [4.78, 5) is 4.54. The highest BCUT2D eigenvalue weighted by Crippen LogP contribution is 2.29. The molecule has 0 aliphatic carbocycles. The Kier molecular flexibility index (Phi) is 12.5. The molecule has 1 aliphatic heterocycles. The van der Waals surface area contributed by atoms with E-state index < -0.39 is 0 Å². The number of rotatable bonds is 16. The summed E-state index contributed by atoms with van der Waals surface area (Å²) in [6.07, 6.45) is 16.1. The molecule has 0 spiro atoms. The molecular weight excluding hydrogens is 441 g/mol. The molecule has 194 valence electrons. The maximum Gasteiger partial charge on any atom is 0.185 e. The number of unbranched alkanes of at least 4 members (excludes halogenated alkanes) is 9. The first-order valence-electron chi connectivity index (χ1n) is 13.8. The summed E-state index contributed by atoms with van der Waals surface area (Å²) >= 11 is 0. The van der Waals surface area contributed by atoms with E-state index in [1.54, 1.807) is 12.3 Å². The van der Waals surface area contributed by atoms with Crippen LogP contribution < -0.4 is 4.74 Å². The van der Waals surface area contributed by atoms with E-state index in [0.717, 1.165) is 49.3 Å². The zero-order valence-corrected chi connectivity index (χ0v) is 21.8. The van der Waals surface area contributed by atoms with Gasteiger partial charge in [0.25, 0.3) is 0 Å². The van der Waals surface area contributed by atoms with Crippen LogP contribution in [-0.2, 0) is 9.47 Å². The first-order valence-corrected chi connectivity index (χ1v) is 13.8. The molecule has 0 atom stereocenters. The van der Waals surface area contributed by atoms with E-state index in [2.05, 4.69) is 18.8 Å². The average Bonchev–Trinajstić information content (AvgIpc) is 2.89. The van der Waals surface area contributed by atoms with E-state index in [1.165, 1.54) is 63.9 Å². The summed E-state index contributed by atoms with van der Waals surface area (Å²) in [5.41, 5.74) is 2.35. The minimum absolute atomic E-state index is 0.308. The predicted octanol–water partition coefficient (Wildman–Crippen LogP) is 8.65. The summed E-state index contributed by atoms with van der Waals surface area (Å²) in [6.45, 7) is 6.46. The van der Waals surface area contributed by atoms with Crippen molar-refractivity contribution in [3.63, 3.8) is 0 Å². The summed E-state index contributed by atoms with van der Waals surface area (Å²) in [6, 6.07) is 8.91. The maximum atomic E-state index is 14.6. The molecule has 1 aliphatic rings. The highest BCUT2D eigenvalue weighted by atomic mass is 19.1. The number of hydrogen-bond acceptors (Lipinski definition) is 4. The lowest BCUT2D eigenvalue weighted by Gasteiger charge is -2.29. The minimum Gasteiger partial charge on any atom is -0.491 e. The second-order valence-electron chi connectivity index (χ2n) is 9.81. The van der Waals surface area contributed by atoms with Gasteiger partial charge < -0.3 is 14.2 Å². The number of ether oxygens (including phenoxy) is 3. The van der Waals surface area contributed by atoms with Crippen molar-refractivity contribution in [1.29, 1.82) is 0 Å². The zero-order chi connectivity index (χ0) is 24.7. The number of benzene rings is 1. The molecular formula is C30H44FNO3. The smallest absolute Gasteiger partial charge is 0.185 e. The lowest BCUT2D eigenvalue weighted by atomic mass is 10.0. The Balaban J connectivity index is 1.42. The van der Waals surface area contributed by atoms with Crippen LogP contribution in [-0.4, -0.2) is 24.8 Å². The highest BCUT2D eigenvalue weighted by molar-refractivity contribution is 5.60. The Labute approximate surface area is 211 Å². The molecule has 0 amide bonds. The van der Waals surface area contributed by atoms with Gasteiger partial charge in [0.15, 0.2) is 17.9 Å². The van der Waals surface area contributed by atoms with Crippen molar-refractivity contribution in [3.05, 3.63) is 47.9 Å². The van der Waals surface area contributed by atoms with E-state index in [0.29, 0.717) is 18.3 Å². The largest absolute Gasteiger partial charge is 0.491 e. The van der Waals surface area contributed by atoms with Gasteiger partial charge in [0.05, 0.1) is 25.5 Å². The first kappa shape index (κ1) is 27.6. The van der Waals surface area contributed by atoms with E-state index >= 15 is 0 Å². The molecule has 0 saturated carbocycles. The van der Waals surface area contributed by atoms with E-state index in [4.69, 9.17) is 14.2 Å². The van der Waals surface area contributed by atoms with Gasteiger partial charge in [-0.3, -0.25) is 4.98 Å². The fourth-order valence-corrected chi connectivity index (χ4v) is 4.50. The number of hydrogen-bond donors (Lipinski definition) is 0. The molecule has 1 fully saturated rings. The van der Waals surface area contributed by atoms with Crippen molar-refractivity contribution in [2.45, 2.75) is 97.2 Å². The molecule has 0 radical (unpaired) electrons. The Morgan fingerprint density at radius 2 is 1.54 bits per heavy atom. The van der Waals surface area contributed by atoms with Crippen molar-refractivity contribution in [3.8, 4) is 17.0 Å². The van der Waals surface area contributed by atoms with Crippen molar-refractivity contribution < 1.29 is 18.6 Å². The molecule has 3 rings (SSSR count). The molecule has 1 saturated heterocycles. The first-order chi connectivity index (χ1) is 17.2. The average molecular weight is 486 g/mol. The SMILES string of the molecule is CCCCCCCCOc1ccc(-c2ccc(C3OCC(CCCCCCC)CO3)cn2)cc1F. The summed E-state index contributed by atoms with van der Waals surface area (Å²) in [7, 11) is 0. The predicted molar refractivity (Wildman–Crippen MR) is 140 cm³/mol. The van der Waals surface area contributed by atoms with Crippen LogP contribution in [0.5, 0.6) is 5.75 Å². The maximum absolute atomic E-state index is 14.6. The molecule has 1 aromatic carbocycles. The monoisotopic (exact) mass is 485 g/mol. The van der Waals surface area contributed by atoms with Gasteiger partial charge in [-0.1, -0.05) is 84.1 Å². The van der Waals surface area contributed by atoms with Gasteiger partial charge in [0, 0.05) is 23.2 Å². The van der Waals surface area contributed by atoms with E-state index in [9.17, 15) is 4.39 Å². The van der Waals surface area contributed by atoms with Crippen LogP contribution in [0.2, 0.25) is 0 Å². The van der Waals surface area contributed by atoms with Crippen molar-refractivity contribution in [2.75, 3.05) is 19.8 Å². The van der Waals surface area contributed by atoms with E-state index in [1.807, 2.05) is 18.2 Å². The van der Waals surface area contributed by atoms with Gasteiger partial charge >= 0.3 is 0 Å². The number of aromatic nitrogens is 1.